The molecule has 3 rings (SSSR count). The second-order valence-electron chi connectivity index (χ2n) is 5.15. The Balaban J connectivity index is 1.81. The second kappa shape index (κ2) is 5.99. The maximum atomic E-state index is 11.7. The van der Waals surface area contributed by atoms with E-state index in [1.807, 2.05) is 6.07 Å². The smallest absolute Gasteiger partial charge is 0.325 e. The highest BCUT2D eigenvalue weighted by Crippen LogP contribution is 2.32. The van der Waals surface area contributed by atoms with Crippen LogP contribution in [-0.2, 0) is 0 Å². The van der Waals surface area contributed by atoms with Gasteiger partial charge < -0.3 is 15.2 Å². The van der Waals surface area contributed by atoms with Gasteiger partial charge in [-0.2, -0.15) is 0 Å². The summed E-state index contributed by atoms with van der Waals surface area (Å²) in [5.41, 5.74) is 7.66. The summed E-state index contributed by atoms with van der Waals surface area (Å²) in [5, 5.41) is 2.98. The summed E-state index contributed by atoms with van der Waals surface area (Å²) in [6, 6.07) is 5.42. The van der Waals surface area contributed by atoms with Crippen LogP contribution >= 0.6 is 0 Å². The molecule has 1 aromatic heterocycles. The number of anilines is 1. The van der Waals surface area contributed by atoms with Gasteiger partial charge in [0.15, 0.2) is 11.5 Å². The predicted molar refractivity (Wildman–Crippen MR) is 85.2 cm³/mol. The molecule has 0 unspecified atom stereocenters. The van der Waals surface area contributed by atoms with Crippen molar-refractivity contribution in [1.82, 2.24) is 9.97 Å². The Bertz CT molecular complexity index is 828. The van der Waals surface area contributed by atoms with Crippen molar-refractivity contribution in [1.29, 1.82) is 0 Å². The lowest BCUT2D eigenvalue weighted by atomic mass is 10.2. The number of guanidine groups is 1. The zero-order valence-corrected chi connectivity index (χ0v) is 12.9. The van der Waals surface area contributed by atoms with E-state index < -0.39 is 0 Å². The monoisotopic (exact) mass is 316 g/mol. The number of nitrogens with two attached hydrogens (primary N) is 1. The molecule has 0 saturated carbocycles. The summed E-state index contributed by atoms with van der Waals surface area (Å²) in [6.07, 6.45) is 0. The number of hydrogen-bond donors (Lipinski definition) is 4. The van der Waals surface area contributed by atoms with Crippen LogP contribution in [0.15, 0.2) is 23.0 Å². The topological polar surface area (TPSA) is 116 Å². The zero-order chi connectivity index (χ0) is 16.4. The Morgan fingerprint density at radius 3 is 2.78 bits per heavy atom. The summed E-state index contributed by atoms with van der Waals surface area (Å²) >= 11 is 0. The molecule has 0 radical (unpaired) electrons. The van der Waals surface area contributed by atoms with E-state index >= 15 is 0 Å². The van der Waals surface area contributed by atoms with Crippen molar-refractivity contribution >= 4 is 17.6 Å². The van der Waals surface area contributed by atoms with Gasteiger partial charge in [0, 0.05) is 6.07 Å². The molecule has 0 aliphatic carbocycles. The van der Waals surface area contributed by atoms with Gasteiger partial charge in [0.1, 0.15) is 13.2 Å². The Morgan fingerprint density at radius 1 is 1.30 bits per heavy atom. The second-order valence-corrected chi connectivity index (χ2v) is 5.15. The molecular formula is C15H18N5O3+. The van der Waals surface area contributed by atoms with Gasteiger partial charge in [0.2, 0.25) is 0 Å². The van der Waals surface area contributed by atoms with Gasteiger partial charge in [0.05, 0.1) is 16.9 Å². The minimum absolute atomic E-state index is 0.202. The lowest BCUT2D eigenvalue weighted by Crippen LogP contribution is -2.73. The Labute approximate surface area is 132 Å². The molecule has 1 aliphatic rings. The van der Waals surface area contributed by atoms with E-state index in [2.05, 4.69) is 20.3 Å². The fourth-order valence-corrected chi connectivity index (χ4v) is 2.14. The largest absolute Gasteiger partial charge is 0.486 e. The van der Waals surface area contributed by atoms with E-state index in [-0.39, 0.29) is 17.5 Å². The summed E-state index contributed by atoms with van der Waals surface area (Å²) in [4.78, 5) is 21.4. The summed E-state index contributed by atoms with van der Waals surface area (Å²) in [6.45, 7) is 4.54. The van der Waals surface area contributed by atoms with Crippen molar-refractivity contribution in [2.75, 3.05) is 18.5 Å². The SMILES string of the molecule is Cc1nc([NH+]=C(N)Nc2ccc3c(c2)OCCO3)[nH]c(=O)c1C. The molecule has 0 spiro atoms. The number of nitrogens with zero attached hydrogens (tertiary/aromatic N) is 1. The number of ether oxygens (including phenoxy) is 2. The van der Waals surface area contributed by atoms with Crippen molar-refractivity contribution in [3.8, 4) is 11.5 Å². The van der Waals surface area contributed by atoms with Crippen LogP contribution in [-0.4, -0.2) is 29.1 Å². The highest BCUT2D eigenvalue weighted by molar-refractivity contribution is 5.88. The standard InChI is InChI=1S/C15H17N5O3/c1-8-9(2)17-15(19-13(8)21)20-14(16)18-10-3-4-11-12(7-10)23-6-5-22-11/h3-4,7H,5-6H2,1-2H3,(H4,16,17,18,19,20,21)/p+1. The third-order valence-electron chi connectivity index (χ3n) is 3.47. The van der Waals surface area contributed by atoms with E-state index in [4.69, 9.17) is 15.2 Å². The molecule has 120 valence electrons. The summed E-state index contributed by atoms with van der Waals surface area (Å²) in [7, 11) is 0. The molecule has 5 N–H and O–H groups in total. The maximum Gasteiger partial charge on any atom is 0.325 e. The predicted octanol–water partition coefficient (Wildman–Crippen LogP) is -0.703. The van der Waals surface area contributed by atoms with Crippen LogP contribution in [0.3, 0.4) is 0 Å². The van der Waals surface area contributed by atoms with Crippen LogP contribution in [0.1, 0.15) is 11.3 Å². The normalized spacial score (nSPS) is 13.7. The van der Waals surface area contributed by atoms with Crippen LogP contribution in [0, 0.1) is 13.8 Å². The Hall–Kier alpha value is -3.03. The lowest BCUT2D eigenvalue weighted by molar-refractivity contribution is -0.365. The average Bonchev–Trinajstić information content (AvgIpc) is 2.52. The molecule has 1 aromatic carbocycles. The van der Waals surface area contributed by atoms with Gasteiger partial charge in [-0.25, -0.2) is 9.98 Å². The Kier molecular flexibility index (Phi) is 3.88. The molecular weight excluding hydrogens is 298 g/mol. The van der Waals surface area contributed by atoms with Gasteiger partial charge in [-0.05, 0) is 26.0 Å². The lowest BCUT2D eigenvalue weighted by Gasteiger charge is -2.18. The van der Waals surface area contributed by atoms with Crippen molar-refractivity contribution in [3.05, 3.63) is 39.8 Å². The third kappa shape index (κ3) is 3.25. The molecule has 0 atom stereocenters. The molecule has 2 aromatic rings. The van der Waals surface area contributed by atoms with Crippen LogP contribution in [0.2, 0.25) is 0 Å². The van der Waals surface area contributed by atoms with E-state index in [9.17, 15) is 4.79 Å². The van der Waals surface area contributed by atoms with E-state index in [1.54, 1.807) is 26.0 Å². The first-order valence-electron chi connectivity index (χ1n) is 7.16. The van der Waals surface area contributed by atoms with E-state index in [1.165, 1.54) is 0 Å². The number of hydrogen-bond acceptors (Lipinski definition) is 4. The molecule has 0 bridgehead atoms. The third-order valence-corrected chi connectivity index (χ3v) is 3.47. The molecule has 8 nitrogen and oxygen atoms in total. The maximum absolute atomic E-state index is 11.7. The van der Waals surface area contributed by atoms with Crippen LogP contribution in [0.25, 0.3) is 0 Å². The zero-order valence-electron chi connectivity index (χ0n) is 12.9. The number of aryl methyl sites for hydroxylation is 1. The molecule has 8 heteroatoms. The summed E-state index contributed by atoms with van der Waals surface area (Å²) < 4.78 is 11.0. The fraction of sp³-hybridized carbons (Fsp3) is 0.267. The minimum Gasteiger partial charge on any atom is -0.486 e. The van der Waals surface area contributed by atoms with Crippen molar-refractivity contribution < 1.29 is 14.5 Å². The molecule has 0 fully saturated rings. The van der Waals surface area contributed by atoms with Gasteiger partial charge in [0.25, 0.3) is 11.5 Å². The quantitative estimate of drug-likeness (QED) is 0.430. The number of benzene rings is 1. The first-order chi connectivity index (χ1) is 11.0. The number of aromatic nitrogens is 2. The van der Waals surface area contributed by atoms with E-state index in [0.29, 0.717) is 36.0 Å². The Morgan fingerprint density at radius 2 is 2.04 bits per heavy atom. The van der Waals surface area contributed by atoms with Gasteiger partial charge >= 0.3 is 5.95 Å². The van der Waals surface area contributed by atoms with Gasteiger partial charge in [-0.1, -0.05) is 0 Å². The van der Waals surface area contributed by atoms with E-state index in [0.717, 1.165) is 5.69 Å². The van der Waals surface area contributed by atoms with Crippen LogP contribution in [0.4, 0.5) is 11.6 Å². The molecule has 0 amide bonds. The van der Waals surface area contributed by atoms with Crippen molar-refractivity contribution in [3.63, 3.8) is 0 Å². The molecule has 2 heterocycles. The minimum atomic E-state index is -0.202. The first-order valence-corrected chi connectivity index (χ1v) is 7.16. The van der Waals surface area contributed by atoms with Crippen molar-refractivity contribution in [2.24, 2.45) is 5.73 Å². The summed E-state index contributed by atoms with van der Waals surface area (Å²) in [5.74, 6) is 1.87. The van der Waals surface area contributed by atoms with Crippen LogP contribution < -0.4 is 31.1 Å². The fourth-order valence-electron chi connectivity index (χ4n) is 2.14. The van der Waals surface area contributed by atoms with Crippen LogP contribution in [0.5, 0.6) is 11.5 Å². The molecule has 1 aliphatic heterocycles. The number of fused-ring (bicyclic) bond motifs is 1. The average molecular weight is 316 g/mol. The highest BCUT2D eigenvalue weighted by atomic mass is 16.6. The molecule has 0 saturated heterocycles. The number of aromatic amines is 1. The highest BCUT2D eigenvalue weighted by Gasteiger charge is 2.13. The molecule has 23 heavy (non-hydrogen) atoms. The number of rotatable bonds is 2. The van der Waals surface area contributed by atoms with Crippen molar-refractivity contribution in [2.45, 2.75) is 13.8 Å². The van der Waals surface area contributed by atoms with Gasteiger partial charge in [-0.15, -0.1) is 4.98 Å². The number of H-pyrrole nitrogens is 1. The number of nitrogens with one attached hydrogen (secondary N) is 3. The van der Waals surface area contributed by atoms with Gasteiger partial charge in [-0.3, -0.25) is 10.1 Å². The first kappa shape index (κ1) is 14.9.